The highest BCUT2D eigenvalue weighted by Gasteiger charge is 2.06. The van der Waals surface area contributed by atoms with Crippen molar-refractivity contribution in [3.63, 3.8) is 0 Å². The maximum atomic E-state index is 5.71. The molecule has 0 aromatic heterocycles. The van der Waals surface area contributed by atoms with E-state index in [-0.39, 0.29) is 0 Å². The normalized spacial score (nSPS) is 10.9. The third-order valence-corrected chi connectivity index (χ3v) is 4.49. The molecule has 0 heterocycles. The van der Waals surface area contributed by atoms with Gasteiger partial charge in [-0.25, -0.2) is 0 Å². The molecule has 0 nitrogen and oxygen atoms in total. The van der Waals surface area contributed by atoms with Gasteiger partial charge in [-0.05, 0) is 44.8 Å². The van der Waals surface area contributed by atoms with Gasteiger partial charge >= 0.3 is 0 Å². The van der Waals surface area contributed by atoms with Gasteiger partial charge in [0.15, 0.2) is 0 Å². The van der Waals surface area contributed by atoms with Crippen LogP contribution >= 0.6 is 12.2 Å². The lowest BCUT2D eigenvalue weighted by Crippen LogP contribution is -1.99. The summed E-state index contributed by atoms with van der Waals surface area (Å²) in [6, 6.07) is 29.6. The van der Waals surface area contributed by atoms with E-state index >= 15 is 0 Å². The van der Waals surface area contributed by atoms with Gasteiger partial charge in [0.05, 0.1) is 4.86 Å². The number of rotatable bonds is 2. The van der Waals surface area contributed by atoms with Crippen LogP contribution in [0.2, 0.25) is 0 Å². The van der Waals surface area contributed by atoms with Crippen LogP contribution in [-0.2, 0) is 0 Å². The number of hydrogen-bond acceptors (Lipinski definition) is 1. The minimum Gasteiger partial charge on any atom is -0.0788 e. The topological polar surface area (TPSA) is 0 Å². The van der Waals surface area contributed by atoms with E-state index in [4.69, 9.17) is 12.2 Å². The summed E-state index contributed by atoms with van der Waals surface area (Å²) in [5, 5.41) is 4.94. The summed E-state index contributed by atoms with van der Waals surface area (Å²) in [4.78, 5) is 0.900. The Hall–Kier alpha value is -2.51. The molecule has 0 N–H and O–H groups in total. The molecule has 0 fully saturated rings. The van der Waals surface area contributed by atoms with Crippen molar-refractivity contribution < 1.29 is 0 Å². The first-order valence-corrected chi connectivity index (χ1v) is 7.74. The number of thiocarbonyl (C=S) groups is 1. The first kappa shape index (κ1) is 13.2. The molecule has 0 saturated carbocycles. The van der Waals surface area contributed by atoms with Crippen molar-refractivity contribution in [2.24, 2.45) is 0 Å². The molecular formula is C21H14S. The van der Waals surface area contributed by atoms with Gasteiger partial charge in [-0.15, -0.1) is 0 Å². The summed E-state index contributed by atoms with van der Waals surface area (Å²) in [7, 11) is 0. The van der Waals surface area contributed by atoms with Crippen LogP contribution in [0.5, 0.6) is 0 Å². The quantitative estimate of drug-likeness (QED) is 0.335. The fourth-order valence-electron chi connectivity index (χ4n) is 2.83. The zero-order valence-electron chi connectivity index (χ0n) is 12.0. The van der Waals surface area contributed by atoms with Gasteiger partial charge in [0.25, 0.3) is 0 Å². The molecule has 104 valence electrons. The summed E-state index contributed by atoms with van der Waals surface area (Å²) in [5.74, 6) is 0. The van der Waals surface area contributed by atoms with Crippen LogP contribution in [0.1, 0.15) is 11.1 Å². The van der Waals surface area contributed by atoms with Gasteiger partial charge in [0, 0.05) is 0 Å². The van der Waals surface area contributed by atoms with E-state index in [1.807, 2.05) is 0 Å². The first-order chi connectivity index (χ1) is 10.8. The molecule has 0 spiro atoms. The maximum Gasteiger partial charge on any atom is 0.0522 e. The zero-order chi connectivity index (χ0) is 14.9. The Bertz CT molecular complexity index is 917. The van der Waals surface area contributed by atoms with E-state index in [1.165, 1.54) is 21.5 Å². The average molecular weight is 298 g/mol. The molecule has 4 rings (SSSR count). The van der Waals surface area contributed by atoms with Gasteiger partial charge in [0.1, 0.15) is 0 Å². The van der Waals surface area contributed by atoms with Crippen molar-refractivity contribution in [1.29, 1.82) is 0 Å². The van der Waals surface area contributed by atoms with Gasteiger partial charge in [-0.1, -0.05) is 85.0 Å². The minimum absolute atomic E-state index is 0.900. The van der Waals surface area contributed by atoms with E-state index in [2.05, 4.69) is 84.9 Å². The Morgan fingerprint density at radius 1 is 0.500 bits per heavy atom. The highest BCUT2D eigenvalue weighted by molar-refractivity contribution is 7.81. The molecule has 0 aliphatic rings. The summed E-state index contributed by atoms with van der Waals surface area (Å²) in [5.41, 5.74) is 2.20. The molecule has 0 aliphatic heterocycles. The number of fused-ring (bicyclic) bond motifs is 2. The summed E-state index contributed by atoms with van der Waals surface area (Å²) in [6.07, 6.45) is 0. The van der Waals surface area contributed by atoms with Crippen LogP contribution in [-0.4, -0.2) is 4.86 Å². The Balaban J connectivity index is 1.80. The molecule has 4 aromatic rings. The van der Waals surface area contributed by atoms with Crippen LogP contribution in [0, 0.1) is 0 Å². The molecule has 22 heavy (non-hydrogen) atoms. The van der Waals surface area contributed by atoms with Gasteiger partial charge < -0.3 is 0 Å². The standard InChI is InChI=1S/C21H14S/c22-21(19-11-9-15-5-1-3-7-17(15)13-19)20-12-10-16-6-2-4-8-18(16)14-20/h1-14H. The molecular weight excluding hydrogens is 284 g/mol. The van der Waals surface area contributed by atoms with Crippen molar-refractivity contribution in [2.75, 3.05) is 0 Å². The second kappa shape index (κ2) is 5.36. The second-order valence-electron chi connectivity index (χ2n) is 5.45. The molecule has 0 atom stereocenters. The van der Waals surface area contributed by atoms with Gasteiger partial charge in [-0.3, -0.25) is 0 Å². The van der Waals surface area contributed by atoms with E-state index in [0.717, 1.165) is 16.0 Å². The molecule has 4 aromatic carbocycles. The van der Waals surface area contributed by atoms with Crippen molar-refractivity contribution >= 4 is 38.6 Å². The third-order valence-electron chi connectivity index (χ3n) is 4.02. The molecule has 0 amide bonds. The van der Waals surface area contributed by atoms with Crippen LogP contribution in [0.3, 0.4) is 0 Å². The van der Waals surface area contributed by atoms with Crippen LogP contribution in [0.4, 0.5) is 0 Å². The van der Waals surface area contributed by atoms with Gasteiger partial charge in [-0.2, -0.15) is 0 Å². The van der Waals surface area contributed by atoms with Crippen LogP contribution < -0.4 is 0 Å². The van der Waals surface area contributed by atoms with Crippen molar-refractivity contribution in [3.8, 4) is 0 Å². The molecule has 0 aliphatic carbocycles. The predicted octanol–water partition coefficient (Wildman–Crippen LogP) is 5.76. The van der Waals surface area contributed by atoms with Crippen molar-refractivity contribution in [1.82, 2.24) is 0 Å². The summed E-state index contributed by atoms with van der Waals surface area (Å²) < 4.78 is 0. The van der Waals surface area contributed by atoms with E-state index < -0.39 is 0 Å². The minimum atomic E-state index is 0.900. The fourth-order valence-corrected chi connectivity index (χ4v) is 3.08. The van der Waals surface area contributed by atoms with Crippen LogP contribution in [0.25, 0.3) is 21.5 Å². The lowest BCUT2D eigenvalue weighted by atomic mass is 9.99. The molecule has 0 bridgehead atoms. The van der Waals surface area contributed by atoms with Crippen molar-refractivity contribution in [3.05, 3.63) is 96.1 Å². The Morgan fingerprint density at radius 3 is 1.36 bits per heavy atom. The Labute approximate surface area is 135 Å². The second-order valence-corrected chi connectivity index (χ2v) is 5.86. The molecule has 0 radical (unpaired) electrons. The average Bonchev–Trinajstić information content (AvgIpc) is 2.60. The zero-order valence-corrected chi connectivity index (χ0v) is 12.8. The fraction of sp³-hybridized carbons (Fsp3) is 0. The highest BCUT2D eigenvalue weighted by atomic mass is 32.1. The lowest BCUT2D eigenvalue weighted by molar-refractivity contribution is 1.67. The SMILES string of the molecule is S=C(c1ccc2ccccc2c1)c1ccc2ccccc2c1. The first-order valence-electron chi connectivity index (χ1n) is 7.33. The predicted molar refractivity (Wildman–Crippen MR) is 98.7 cm³/mol. The van der Waals surface area contributed by atoms with Crippen molar-refractivity contribution in [2.45, 2.75) is 0 Å². The lowest BCUT2D eigenvalue weighted by Gasteiger charge is -2.07. The van der Waals surface area contributed by atoms with Gasteiger partial charge in [0.2, 0.25) is 0 Å². The smallest absolute Gasteiger partial charge is 0.0522 e. The summed E-state index contributed by atoms with van der Waals surface area (Å²) in [6.45, 7) is 0. The summed E-state index contributed by atoms with van der Waals surface area (Å²) >= 11 is 5.71. The number of hydrogen-bond donors (Lipinski definition) is 0. The van der Waals surface area contributed by atoms with E-state index in [1.54, 1.807) is 0 Å². The number of benzene rings is 4. The van der Waals surface area contributed by atoms with E-state index in [0.29, 0.717) is 0 Å². The maximum absolute atomic E-state index is 5.71. The monoisotopic (exact) mass is 298 g/mol. The van der Waals surface area contributed by atoms with Crippen LogP contribution in [0.15, 0.2) is 84.9 Å². The Kier molecular flexibility index (Phi) is 3.21. The molecule has 1 heteroatoms. The molecule has 0 saturated heterocycles. The molecule has 0 unspecified atom stereocenters. The Morgan fingerprint density at radius 2 is 0.909 bits per heavy atom. The largest absolute Gasteiger partial charge is 0.0788 e. The third kappa shape index (κ3) is 2.30. The highest BCUT2D eigenvalue weighted by Crippen LogP contribution is 2.21. The van der Waals surface area contributed by atoms with E-state index in [9.17, 15) is 0 Å².